The summed E-state index contributed by atoms with van der Waals surface area (Å²) in [5.41, 5.74) is 0. The normalized spacial score (nSPS) is 21.9. The first kappa shape index (κ1) is 15.8. The molecule has 2 unspecified atom stereocenters. The summed E-state index contributed by atoms with van der Waals surface area (Å²) in [5.74, 6) is 0.640. The van der Waals surface area contributed by atoms with Gasteiger partial charge in [0.25, 0.3) is 0 Å². The van der Waals surface area contributed by atoms with Crippen molar-refractivity contribution in [2.75, 3.05) is 6.61 Å². The minimum atomic E-state index is -0.487. The average molecular weight is 311 g/mol. The maximum atomic E-state index is 12.0. The second kappa shape index (κ2) is 7.46. The third-order valence-electron chi connectivity index (χ3n) is 3.56. The van der Waals surface area contributed by atoms with Gasteiger partial charge in [-0.05, 0) is 49.9 Å². The van der Waals surface area contributed by atoms with Crippen molar-refractivity contribution in [1.82, 2.24) is 0 Å². The first-order valence-corrected chi connectivity index (χ1v) is 7.57. The molecule has 1 aliphatic carbocycles. The molecule has 0 heterocycles. The number of halogens is 1. The Morgan fingerprint density at radius 2 is 2.05 bits per heavy atom. The van der Waals surface area contributed by atoms with Gasteiger partial charge in [0.2, 0.25) is 0 Å². The van der Waals surface area contributed by atoms with Gasteiger partial charge in [0.1, 0.15) is 5.75 Å². The van der Waals surface area contributed by atoms with Crippen LogP contribution in [0.25, 0.3) is 0 Å². The quantitative estimate of drug-likeness (QED) is 0.782. The largest absolute Gasteiger partial charge is 0.483 e. The molecule has 0 aromatic heterocycles. The smallest absolute Gasteiger partial charge is 0.306 e. The first-order valence-electron chi connectivity index (χ1n) is 7.19. The molecule has 1 aliphatic rings. The molecule has 114 valence electrons. The second-order valence-electron chi connectivity index (χ2n) is 5.18. The first-order chi connectivity index (χ1) is 10.1. The number of Topliss-reactive ketones (excluding diaryl/α,β-unsaturated/α-hetero) is 1. The molecule has 2 rings (SSSR count). The summed E-state index contributed by atoms with van der Waals surface area (Å²) in [4.78, 5) is 23.5. The maximum absolute atomic E-state index is 12.0. The molecule has 0 radical (unpaired) electrons. The molecule has 0 bridgehead atoms. The van der Waals surface area contributed by atoms with Gasteiger partial charge in [0.05, 0.1) is 6.61 Å². The molecule has 1 saturated carbocycles. The van der Waals surface area contributed by atoms with Crippen LogP contribution in [0.3, 0.4) is 0 Å². The number of carbonyl (C=O) groups is 2. The number of carbonyl (C=O) groups excluding carboxylic acids is 2. The van der Waals surface area contributed by atoms with Crippen molar-refractivity contribution in [2.45, 2.75) is 38.7 Å². The summed E-state index contributed by atoms with van der Waals surface area (Å²) in [6.45, 7) is 2.17. The lowest BCUT2D eigenvalue weighted by Crippen LogP contribution is -2.35. The molecule has 2 atom stereocenters. The van der Waals surface area contributed by atoms with Crippen molar-refractivity contribution < 1.29 is 19.1 Å². The van der Waals surface area contributed by atoms with Crippen molar-refractivity contribution >= 4 is 23.4 Å². The Morgan fingerprint density at radius 3 is 2.71 bits per heavy atom. The Morgan fingerprint density at radius 1 is 1.33 bits per heavy atom. The van der Waals surface area contributed by atoms with Gasteiger partial charge in [0, 0.05) is 17.9 Å². The molecule has 0 aliphatic heterocycles. The van der Waals surface area contributed by atoms with Gasteiger partial charge in [0.15, 0.2) is 11.9 Å². The Bertz CT molecular complexity index is 498. The number of ketones is 1. The van der Waals surface area contributed by atoms with E-state index in [2.05, 4.69) is 0 Å². The predicted molar refractivity (Wildman–Crippen MR) is 79.5 cm³/mol. The summed E-state index contributed by atoms with van der Waals surface area (Å²) in [5, 5.41) is 0.623. The summed E-state index contributed by atoms with van der Waals surface area (Å²) in [6, 6.07) is 6.93. The molecule has 0 amide bonds. The fourth-order valence-electron chi connectivity index (χ4n) is 2.49. The van der Waals surface area contributed by atoms with Crippen LogP contribution in [0.2, 0.25) is 5.02 Å². The van der Waals surface area contributed by atoms with Crippen LogP contribution in [-0.2, 0) is 14.3 Å². The van der Waals surface area contributed by atoms with Crippen LogP contribution < -0.4 is 4.74 Å². The van der Waals surface area contributed by atoms with Gasteiger partial charge in [-0.3, -0.25) is 9.59 Å². The standard InChI is InChI=1S/C16H19ClO4/c1-2-20-16(19)10-11-3-8-14(18)15(9-11)21-13-6-4-12(17)5-7-13/h4-7,11,15H,2-3,8-10H2,1H3. The van der Waals surface area contributed by atoms with Crippen LogP contribution in [-0.4, -0.2) is 24.5 Å². The van der Waals surface area contributed by atoms with Crippen LogP contribution in [0.5, 0.6) is 5.75 Å². The Kier molecular flexibility index (Phi) is 5.62. The Labute approximate surface area is 129 Å². The van der Waals surface area contributed by atoms with E-state index < -0.39 is 6.10 Å². The van der Waals surface area contributed by atoms with Crippen molar-refractivity contribution in [1.29, 1.82) is 0 Å². The van der Waals surface area contributed by atoms with Crippen LogP contribution in [0.1, 0.15) is 32.6 Å². The number of rotatable bonds is 5. The van der Waals surface area contributed by atoms with Gasteiger partial charge in [-0.2, -0.15) is 0 Å². The van der Waals surface area contributed by atoms with Gasteiger partial charge in [-0.1, -0.05) is 11.6 Å². The van der Waals surface area contributed by atoms with Gasteiger partial charge in [-0.25, -0.2) is 0 Å². The van der Waals surface area contributed by atoms with E-state index in [0.29, 0.717) is 36.6 Å². The summed E-state index contributed by atoms with van der Waals surface area (Å²) in [6.07, 6.45) is 1.59. The van der Waals surface area contributed by atoms with Crippen molar-refractivity contribution in [3.05, 3.63) is 29.3 Å². The molecule has 0 spiro atoms. The molecule has 0 N–H and O–H groups in total. The van der Waals surface area contributed by atoms with Gasteiger partial charge < -0.3 is 9.47 Å². The zero-order valence-corrected chi connectivity index (χ0v) is 12.8. The van der Waals surface area contributed by atoms with E-state index in [4.69, 9.17) is 21.1 Å². The highest BCUT2D eigenvalue weighted by molar-refractivity contribution is 6.30. The molecule has 0 saturated heterocycles. The lowest BCUT2D eigenvalue weighted by molar-refractivity contribution is -0.145. The highest BCUT2D eigenvalue weighted by Gasteiger charge is 2.31. The molecule has 1 fully saturated rings. The number of esters is 1. The number of hydrogen-bond acceptors (Lipinski definition) is 4. The van der Waals surface area contributed by atoms with E-state index in [9.17, 15) is 9.59 Å². The molecule has 1 aromatic rings. The van der Waals surface area contributed by atoms with Crippen LogP contribution >= 0.6 is 11.6 Å². The zero-order valence-electron chi connectivity index (χ0n) is 12.0. The van der Waals surface area contributed by atoms with Crippen molar-refractivity contribution in [3.8, 4) is 5.75 Å². The maximum Gasteiger partial charge on any atom is 0.306 e. The van der Waals surface area contributed by atoms with Gasteiger partial charge in [-0.15, -0.1) is 0 Å². The Balaban J connectivity index is 1.93. The fourth-order valence-corrected chi connectivity index (χ4v) is 2.62. The SMILES string of the molecule is CCOC(=O)CC1CCC(=O)C(Oc2ccc(Cl)cc2)C1. The third-order valence-corrected chi connectivity index (χ3v) is 3.81. The van der Waals surface area contributed by atoms with E-state index in [1.165, 1.54) is 0 Å². The van der Waals surface area contributed by atoms with E-state index in [1.807, 2.05) is 0 Å². The average Bonchev–Trinajstić information content (AvgIpc) is 2.45. The molecular formula is C16H19ClO4. The summed E-state index contributed by atoms with van der Waals surface area (Å²) >= 11 is 5.82. The molecule has 5 heteroatoms. The van der Waals surface area contributed by atoms with Gasteiger partial charge >= 0.3 is 5.97 Å². The fraction of sp³-hybridized carbons (Fsp3) is 0.500. The number of benzene rings is 1. The number of hydrogen-bond donors (Lipinski definition) is 0. The minimum absolute atomic E-state index is 0.0880. The van der Waals surface area contributed by atoms with Crippen LogP contribution in [0, 0.1) is 5.92 Å². The molecule has 1 aromatic carbocycles. The lowest BCUT2D eigenvalue weighted by atomic mass is 9.84. The molecular weight excluding hydrogens is 292 g/mol. The zero-order chi connectivity index (χ0) is 15.2. The lowest BCUT2D eigenvalue weighted by Gasteiger charge is -2.28. The predicted octanol–water partition coefficient (Wildman–Crippen LogP) is 3.41. The molecule has 4 nitrogen and oxygen atoms in total. The third kappa shape index (κ3) is 4.74. The summed E-state index contributed by atoms with van der Waals surface area (Å²) < 4.78 is 10.7. The molecule has 21 heavy (non-hydrogen) atoms. The van der Waals surface area contributed by atoms with Crippen LogP contribution in [0.15, 0.2) is 24.3 Å². The highest BCUT2D eigenvalue weighted by Crippen LogP contribution is 2.28. The van der Waals surface area contributed by atoms with E-state index in [0.717, 1.165) is 6.42 Å². The van der Waals surface area contributed by atoms with Crippen LogP contribution in [0.4, 0.5) is 0 Å². The van der Waals surface area contributed by atoms with Crippen molar-refractivity contribution in [2.24, 2.45) is 5.92 Å². The highest BCUT2D eigenvalue weighted by atomic mass is 35.5. The summed E-state index contributed by atoms with van der Waals surface area (Å²) in [7, 11) is 0. The van der Waals surface area contributed by atoms with E-state index >= 15 is 0 Å². The minimum Gasteiger partial charge on any atom is -0.483 e. The second-order valence-corrected chi connectivity index (χ2v) is 5.61. The number of ether oxygens (including phenoxy) is 2. The monoisotopic (exact) mass is 310 g/mol. The Hall–Kier alpha value is -1.55. The topological polar surface area (TPSA) is 52.6 Å². The van der Waals surface area contributed by atoms with Crippen molar-refractivity contribution in [3.63, 3.8) is 0 Å². The van der Waals surface area contributed by atoms with E-state index in [1.54, 1.807) is 31.2 Å². The van der Waals surface area contributed by atoms with E-state index in [-0.39, 0.29) is 17.7 Å².